The molecule has 1 aliphatic heterocycles. The molecule has 1 fully saturated rings. The summed E-state index contributed by atoms with van der Waals surface area (Å²) in [5.41, 5.74) is 0. The topological polar surface area (TPSA) is 68.5 Å². The molecule has 2 heterocycles. The number of likely N-dealkylation sites (tertiary alicyclic amines) is 1. The molecule has 6 heteroatoms. The summed E-state index contributed by atoms with van der Waals surface area (Å²) in [5.74, 6) is 1.86. The minimum Gasteiger partial charge on any atom is -0.484 e. The van der Waals surface area contributed by atoms with Gasteiger partial charge in [0, 0.05) is 13.0 Å². The van der Waals surface area contributed by atoms with Crippen molar-refractivity contribution in [2.45, 2.75) is 38.6 Å². The second kappa shape index (κ2) is 7.26. The lowest BCUT2D eigenvalue weighted by Gasteiger charge is -2.33. The van der Waals surface area contributed by atoms with E-state index >= 15 is 0 Å². The molecule has 1 amide bonds. The van der Waals surface area contributed by atoms with Crippen LogP contribution >= 0.6 is 0 Å². The van der Waals surface area contributed by atoms with Crippen LogP contribution in [0, 0.1) is 0 Å². The summed E-state index contributed by atoms with van der Waals surface area (Å²) in [5, 5.41) is 3.94. The number of carbonyl (C=O) groups excluding carboxylic acids is 1. The molecular formula is C17H21N3O3. The van der Waals surface area contributed by atoms with Gasteiger partial charge in [-0.25, -0.2) is 0 Å². The highest BCUT2D eigenvalue weighted by Crippen LogP contribution is 2.30. The summed E-state index contributed by atoms with van der Waals surface area (Å²) in [4.78, 5) is 18.7. The average molecular weight is 315 g/mol. The van der Waals surface area contributed by atoms with Gasteiger partial charge in [0.15, 0.2) is 12.4 Å². The molecule has 1 aromatic carbocycles. The van der Waals surface area contributed by atoms with Gasteiger partial charge in [-0.05, 0) is 31.4 Å². The van der Waals surface area contributed by atoms with E-state index in [4.69, 9.17) is 9.26 Å². The number of aryl methyl sites for hydroxylation is 1. The molecular weight excluding hydrogens is 294 g/mol. The van der Waals surface area contributed by atoms with E-state index < -0.39 is 0 Å². The van der Waals surface area contributed by atoms with Crippen LogP contribution in [0.3, 0.4) is 0 Å². The summed E-state index contributed by atoms with van der Waals surface area (Å²) in [6, 6.07) is 9.22. The Morgan fingerprint density at radius 3 is 2.91 bits per heavy atom. The third kappa shape index (κ3) is 3.70. The minimum atomic E-state index is -0.136. The number of carbonyl (C=O) groups is 1. The predicted octanol–water partition coefficient (Wildman–Crippen LogP) is 2.76. The van der Waals surface area contributed by atoms with E-state index in [-0.39, 0.29) is 18.6 Å². The van der Waals surface area contributed by atoms with E-state index in [0.717, 1.165) is 25.7 Å². The fourth-order valence-electron chi connectivity index (χ4n) is 2.78. The first-order valence-corrected chi connectivity index (χ1v) is 8.07. The first kappa shape index (κ1) is 15.5. The van der Waals surface area contributed by atoms with Gasteiger partial charge in [-0.3, -0.25) is 4.79 Å². The highest BCUT2D eigenvalue weighted by atomic mass is 16.5. The second-order valence-electron chi connectivity index (χ2n) is 5.60. The Balaban J connectivity index is 1.66. The van der Waals surface area contributed by atoms with Crippen molar-refractivity contribution in [1.82, 2.24) is 15.0 Å². The molecule has 0 radical (unpaired) electrons. The quantitative estimate of drug-likeness (QED) is 0.848. The van der Waals surface area contributed by atoms with Gasteiger partial charge in [0.2, 0.25) is 5.89 Å². The van der Waals surface area contributed by atoms with Crippen LogP contribution in [0.4, 0.5) is 0 Å². The summed E-state index contributed by atoms with van der Waals surface area (Å²) in [6.45, 7) is 2.70. The molecule has 0 bridgehead atoms. The molecule has 122 valence electrons. The zero-order valence-corrected chi connectivity index (χ0v) is 13.3. The molecule has 0 aliphatic carbocycles. The van der Waals surface area contributed by atoms with E-state index in [9.17, 15) is 4.79 Å². The van der Waals surface area contributed by atoms with Gasteiger partial charge >= 0.3 is 0 Å². The second-order valence-corrected chi connectivity index (χ2v) is 5.60. The van der Waals surface area contributed by atoms with Gasteiger partial charge in [-0.1, -0.05) is 30.3 Å². The zero-order chi connectivity index (χ0) is 16.1. The van der Waals surface area contributed by atoms with Crippen LogP contribution in [-0.4, -0.2) is 34.1 Å². The monoisotopic (exact) mass is 315 g/mol. The largest absolute Gasteiger partial charge is 0.484 e. The van der Waals surface area contributed by atoms with Gasteiger partial charge in [0.1, 0.15) is 11.8 Å². The molecule has 1 aromatic heterocycles. The molecule has 0 unspecified atom stereocenters. The van der Waals surface area contributed by atoms with Crippen LogP contribution in [0.1, 0.15) is 43.9 Å². The minimum absolute atomic E-state index is 0.0231. The number of amides is 1. The van der Waals surface area contributed by atoms with E-state index in [2.05, 4.69) is 10.1 Å². The first-order valence-electron chi connectivity index (χ1n) is 8.07. The maximum absolute atomic E-state index is 12.5. The molecule has 1 saturated heterocycles. The summed E-state index contributed by atoms with van der Waals surface area (Å²) >= 11 is 0. The molecule has 1 atom stereocenters. The number of hydrogen-bond acceptors (Lipinski definition) is 5. The number of rotatable bonds is 5. The van der Waals surface area contributed by atoms with Crippen LogP contribution in [0.15, 0.2) is 34.9 Å². The Kier molecular flexibility index (Phi) is 4.90. The molecule has 0 N–H and O–H groups in total. The van der Waals surface area contributed by atoms with E-state index in [1.807, 2.05) is 37.3 Å². The maximum Gasteiger partial charge on any atom is 0.261 e. The summed E-state index contributed by atoms with van der Waals surface area (Å²) < 4.78 is 10.9. The number of hydrogen-bond donors (Lipinski definition) is 0. The van der Waals surface area contributed by atoms with Crippen molar-refractivity contribution < 1.29 is 14.1 Å². The Hall–Kier alpha value is -2.37. The normalized spacial score (nSPS) is 18.0. The highest BCUT2D eigenvalue weighted by molar-refractivity contribution is 5.78. The molecule has 6 nitrogen and oxygen atoms in total. The van der Waals surface area contributed by atoms with Crippen LogP contribution in [0.25, 0.3) is 0 Å². The van der Waals surface area contributed by atoms with Crippen molar-refractivity contribution in [2.75, 3.05) is 13.2 Å². The third-order valence-electron chi connectivity index (χ3n) is 4.01. The van der Waals surface area contributed by atoms with Gasteiger partial charge < -0.3 is 14.2 Å². The number of ether oxygens (including phenoxy) is 1. The standard InChI is InChI=1S/C17H21N3O3/c1-2-15-18-17(23-19-15)14-10-6-7-11-20(14)16(21)12-22-13-8-4-3-5-9-13/h3-5,8-9,14H,2,6-7,10-12H2,1H3/t14-/m1/s1. The number of aromatic nitrogens is 2. The highest BCUT2D eigenvalue weighted by Gasteiger charge is 2.32. The van der Waals surface area contributed by atoms with Gasteiger partial charge in [-0.15, -0.1) is 0 Å². The van der Waals surface area contributed by atoms with Crippen LogP contribution in [0.5, 0.6) is 5.75 Å². The molecule has 0 saturated carbocycles. The van der Waals surface area contributed by atoms with E-state index in [0.29, 0.717) is 24.0 Å². The lowest BCUT2D eigenvalue weighted by molar-refractivity contribution is -0.138. The molecule has 1 aliphatic rings. The zero-order valence-electron chi connectivity index (χ0n) is 13.3. The van der Waals surface area contributed by atoms with Crippen LogP contribution < -0.4 is 4.74 Å². The van der Waals surface area contributed by atoms with Crippen molar-refractivity contribution in [3.8, 4) is 5.75 Å². The Morgan fingerprint density at radius 2 is 2.17 bits per heavy atom. The third-order valence-corrected chi connectivity index (χ3v) is 4.01. The van der Waals surface area contributed by atoms with Crippen molar-refractivity contribution in [3.05, 3.63) is 42.0 Å². The number of piperidine rings is 1. The van der Waals surface area contributed by atoms with Crippen LogP contribution in [0.2, 0.25) is 0 Å². The number of benzene rings is 1. The SMILES string of the molecule is CCc1noc([C@H]2CCCCN2C(=O)COc2ccccc2)n1. The van der Waals surface area contributed by atoms with Crippen molar-refractivity contribution >= 4 is 5.91 Å². The lowest BCUT2D eigenvalue weighted by Crippen LogP contribution is -2.41. The number of para-hydroxylation sites is 1. The van der Waals surface area contributed by atoms with Crippen molar-refractivity contribution in [2.24, 2.45) is 0 Å². The Bertz CT molecular complexity index is 642. The van der Waals surface area contributed by atoms with Crippen molar-refractivity contribution in [3.63, 3.8) is 0 Å². The molecule has 23 heavy (non-hydrogen) atoms. The summed E-state index contributed by atoms with van der Waals surface area (Å²) in [6.07, 6.45) is 3.61. The van der Waals surface area contributed by atoms with Gasteiger partial charge in [0.25, 0.3) is 5.91 Å². The first-order chi connectivity index (χ1) is 11.3. The lowest BCUT2D eigenvalue weighted by atomic mass is 10.0. The Morgan fingerprint density at radius 1 is 1.35 bits per heavy atom. The van der Waals surface area contributed by atoms with E-state index in [1.165, 1.54) is 0 Å². The molecule has 3 rings (SSSR count). The maximum atomic E-state index is 12.5. The molecule has 0 spiro atoms. The fourth-order valence-corrected chi connectivity index (χ4v) is 2.78. The van der Waals surface area contributed by atoms with Crippen molar-refractivity contribution in [1.29, 1.82) is 0 Å². The smallest absolute Gasteiger partial charge is 0.261 e. The van der Waals surface area contributed by atoms with Gasteiger partial charge in [-0.2, -0.15) is 4.98 Å². The summed E-state index contributed by atoms with van der Waals surface area (Å²) in [7, 11) is 0. The Labute approximate surface area is 135 Å². The number of nitrogens with zero attached hydrogens (tertiary/aromatic N) is 3. The predicted molar refractivity (Wildman–Crippen MR) is 83.9 cm³/mol. The van der Waals surface area contributed by atoms with E-state index in [1.54, 1.807) is 4.90 Å². The van der Waals surface area contributed by atoms with Gasteiger partial charge in [0.05, 0.1) is 0 Å². The fraction of sp³-hybridized carbons (Fsp3) is 0.471. The molecule has 2 aromatic rings. The average Bonchev–Trinajstić information content (AvgIpc) is 3.09. The van der Waals surface area contributed by atoms with Crippen LogP contribution in [-0.2, 0) is 11.2 Å².